The van der Waals surface area contributed by atoms with Gasteiger partial charge in [0.1, 0.15) is 17.2 Å². The minimum Gasteiger partial charge on any atom is -0.507 e. The van der Waals surface area contributed by atoms with Crippen molar-refractivity contribution in [3.05, 3.63) is 41.5 Å². The van der Waals surface area contributed by atoms with Gasteiger partial charge < -0.3 is 14.9 Å². The van der Waals surface area contributed by atoms with Crippen molar-refractivity contribution in [3.8, 4) is 17.2 Å². The van der Waals surface area contributed by atoms with Gasteiger partial charge in [-0.3, -0.25) is 0 Å². The maximum atomic E-state index is 10.0. The Kier molecular flexibility index (Phi) is 5.68. The average Bonchev–Trinajstić information content (AvgIpc) is 2.35. The average molecular weight is 276 g/mol. The van der Waals surface area contributed by atoms with Crippen molar-refractivity contribution in [3.63, 3.8) is 0 Å². The molecule has 110 valence electrons. The van der Waals surface area contributed by atoms with E-state index in [1.165, 1.54) is 24.8 Å². The van der Waals surface area contributed by atoms with Gasteiger partial charge in [0.15, 0.2) is 0 Å². The zero-order valence-corrected chi connectivity index (χ0v) is 12.7. The van der Waals surface area contributed by atoms with Crippen LogP contribution < -0.4 is 4.74 Å². The molecule has 0 aliphatic rings. The SMILES string of the molecule is C=C(C)C(CC=C(C)C)Cc1c(O)cc(OC)cc1O. The highest BCUT2D eigenvalue weighted by Gasteiger charge is 2.16. The summed E-state index contributed by atoms with van der Waals surface area (Å²) in [5, 5.41) is 20.1. The van der Waals surface area contributed by atoms with Crippen molar-refractivity contribution in [2.45, 2.75) is 33.6 Å². The highest BCUT2D eigenvalue weighted by Crippen LogP contribution is 2.35. The number of phenols is 2. The molecular formula is C17H24O3. The second-order valence-electron chi connectivity index (χ2n) is 5.41. The van der Waals surface area contributed by atoms with Crippen molar-refractivity contribution >= 4 is 0 Å². The lowest BCUT2D eigenvalue weighted by molar-refractivity contribution is 0.391. The van der Waals surface area contributed by atoms with E-state index in [0.29, 0.717) is 17.7 Å². The van der Waals surface area contributed by atoms with Crippen LogP contribution in [0.5, 0.6) is 17.2 Å². The molecule has 1 atom stereocenters. The molecule has 0 radical (unpaired) electrons. The number of rotatable bonds is 6. The quantitative estimate of drug-likeness (QED) is 0.766. The van der Waals surface area contributed by atoms with E-state index in [1.807, 2.05) is 6.92 Å². The largest absolute Gasteiger partial charge is 0.507 e. The topological polar surface area (TPSA) is 49.7 Å². The molecule has 1 unspecified atom stereocenters. The molecule has 0 spiro atoms. The fraction of sp³-hybridized carbons (Fsp3) is 0.412. The minimum absolute atomic E-state index is 0.0605. The fourth-order valence-electron chi connectivity index (χ4n) is 2.03. The molecule has 0 fully saturated rings. The van der Waals surface area contributed by atoms with Gasteiger partial charge in [-0.15, -0.1) is 0 Å². The van der Waals surface area contributed by atoms with Crippen molar-refractivity contribution in [1.29, 1.82) is 0 Å². The number of hydrogen-bond acceptors (Lipinski definition) is 3. The Morgan fingerprint density at radius 2 is 1.80 bits per heavy atom. The van der Waals surface area contributed by atoms with Crippen LogP contribution in [0.1, 0.15) is 32.8 Å². The lowest BCUT2D eigenvalue weighted by atomic mass is 9.89. The minimum atomic E-state index is 0.0605. The summed E-state index contributed by atoms with van der Waals surface area (Å²) in [6.45, 7) is 10.1. The van der Waals surface area contributed by atoms with Crippen LogP contribution in [-0.2, 0) is 6.42 Å². The molecular weight excluding hydrogens is 252 g/mol. The monoisotopic (exact) mass is 276 g/mol. The molecule has 1 aromatic carbocycles. The Labute approximate surface area is 121 Å². The molecule has 20 heavy (non-hydrogen) atoms. The number of phenolic OH excluding ortho intramolecular Hbond substituents is 2. The summed E-state index contributed by atoms with van der Waals surface area (Å²) in [6, 6.07) is 3.04. The van der Waals surface area contributed by atoms with E-state index in [9.17, 15) is 10.2 Å². The van der Waals surface area contributed by atoms with E-state index in [2.05, 4.69) is 26.5 Å². The number of allylic oxidation sites excluding steroid dienone is 3. The molecule has 0 amide bonds. The van der Waals surface area contributed by atoms with Crippen LogP contribution in [-0.4, -0.2) is 17.3 Å². The van der Waals surface area contributed by atoms with Crippen molar-refractivity contribution in [2.75, 3.05) is 7.11 Å². The van der Waals surface area contributed by atoms with Gasteiger partial charge in [-0.2, -0.15) is 0 Å². The van der Waals surface area contributed by atoms with Crippen LogP contribution in [0.3, 0.4) is 0 Å². The number of aromatic hydroxyl groups is 2. The third kappa shape index (κ3) is 4.34. The van der Waals surface area contributed by atoms with E-state index in [0.717, 1.165) is 12.0 Å². The standard InChI is InChI=1S/C17H24O3/c1-11(2)6-7-13(12(3)4)8-15-16(18)9-14(20-5)10-17(15)19/h6,9-10,13,18-19H,3,7-8H2,1-2,4-5H3. The zero-order valence-electron chi connectivity index (χ0n) is 12.7. The first-order chi connectivity index (χ1) is 9.35. The first kappa shape index (κ1) is 16.2. The Balaban J connectivity index is 2.99. The lowest BCUT2D eigenvalue weighted by Gasteiger charge is -2.18. The Bertz CT molecular complexity index is 488. The Morgan fingerprint density at radius 1 is 1.25 bits per heavy atom. The highest BCUT2D eigenvalue weighted by atomic mass is 16.5. The summed E-state index contributed by atoms with van der Waals surface area (Å²) >= 11 is 0. The zero-order chi connectivity index (χ0) is 15.3. The van der Waals surface area contributed by atoms with Gasteiger partial charge in [0.2, 0.25) is 0 Å². The number of hydrogen-bond donors (Lipinski definition) is 2. The van der Waals surface area contributed by atoms with E-state index in [4.69, 9.17) is 4.74 Å². The number of methoxy groups -OCH3 is 1. The van der Waals surface area contributed by atoms with E-state index in [-0.39, 0.29) is 17.4 Å². The van der Waals surface area contributed by atoms with Gasteiger partial charge in [0, 0.05) is 17.7 Å². The van der Waals surface area contributed by atoms with Gasteiger partial charge in [0.05, 0.1) is 7.11 Å². The van der Waals surface area contributed by atoms with Crippen molar-refractivity contribution < 1.29 is 14.9 Å². The predicted octanol–water partition coefficient (Wildman–Crippen LogP) is 4.20. The van der Waals surface area contributed by atoms with Gasteiger partial charge in [-0.05, 0) is 39.5 Å². The smallest absolute Gasteiger partial charge is 0.126 e. The third-order valence-corrected chi connectivity index (χ3v) is 3.37. The molecule has 1 rings (SSSR count). The fourth-order valence-corrected chi connectivity index (χ4v) is 2.03. The van der Waals surface area contributed by atoms with E-state index < -0.39 is 0 Å². The molecule has 3 heteroatoms. The van der Waals surface area contributed by atoms with Crippen LogP contribution in [0.15, 0.2) is 35.9 Å². The predicted molar refractivity (Wildman–Crippen MR) is 82.4 cm³/mol. The molecule has 3 nitrogen and oxygen atoms in total. The second kappa shape index (κ2) is 7.04. The summed E-state index contributed by atoms with van der Waals surface area (Å²) < 4.78 is 5.02. The summed E-state index contributed by atoms with van der Waals surface area (Å²) in [7, 11) is 1.50. The molecule has 0 aromatic heterocycles. The lowest BCUT2D eigenvalue weighted by Crippen LogP contribution is -2.05. The normalized spacial score (nSPS) is 11.8. The molecule has 0 aliphatic carbocycles. The molecule has 0 saturated carbocycles. The van der Waals surface area contributed by atoms with Gasteiger partial charge in [0.25, 0.3) is 0 Å². The van der Waals surface area contributed by atoms with Crippen LogP contribution in [0.25, 0.3) is 0 Å². The second-order valence-corrected chi connectivity index (χ2v) is 5.41. The van der Waals surface area contributed by atoms with Crippen LogP contribution in [0.4, 0.5) is 0 Å². The summed E-state index contributed by atoms with van der Waals surface area (Å²) in [6.07, 6.45) is 3.56. The number of benzene rings is 1. The van der Waals surface area contributed by atoms with Crippen LogP contribution in [0.2, 0.25) is 0 Å². The van der Waals surface area contributed by atoms with Crippen LogP contribution >= 0.6 is 0 Å². The van der Waals surface area contributed by atoms with Crippen LogP contribution in [0, 0.1) is 5.92 Å². The first-order valence-electron chi connectivity index (χ1n) is 6.72. The number of ether oxygens (including phenoxy) is 1. The Hall–Kier alpha value is -1.90. The molecule has 0 bridgehead atoms. The molecule has 0 saturated heterocycles. The van der Waals surface area contributed by atoms with Crippen molar-refractivity contribution in [2.24, 2.45) is 5.92 Å². The third-order valence-electron chi connectivity index (χ3n) is 3.37. The van der Waals surface area contributed by atoms with Gasteiger partial charge in [-0.25, -0.2) is 0 Å². The molecule has 1 aromatic rings. The first-order valence-corrected chi connectivity index (χ1v) is 6.72. The van der Waals surface area contributed by atoms with E-state index in [1.54, 1.807) is 0 Å². The summed E-state index contributed by atoms with van der Waals surface area (Å²) in [4.78, 5) is 0. The highest BCUT2D eigenvalue weighted by molar-refractivity contribution is 5.49. The molecule has 0 heterocycles. The maximum absolute atomic E-state index is 10.0. The van der Waals surface area contributed by atoms with Gasteiger partial charge in [-0.1, -0.05) is 23.8 Å². The van der Waals surface area contributed by atoms with Gasteiger partial charge >= 0.3 is 0 Å². The molecule has 2 N–H and O–H groups in total. The van der Waals surface area contributed by atoms with Crippen molar-refractivity contribution in [1.82, 2.24) is 0 Å². The maximum Gasteiger partial charge on any atom is 0.126 e. The van der Waals surface area contributed by atoms with E-state index >= 15 is 0 Å². The summed E-state index contributed by atoms with van der Waals surface area (Å²) in [5.41, 5.74) is 2.83. The Morgan fingerprint density at radius 3 is 2.20 bits per heavy atom. The molecule has 0 aliphatic heterocycles. The summed E-state index contributed by atoms with van der Waals surface area (Å²) in [5.74, 6) is 0.755.